The Morgan fingerprint density at radius 1 is 0.341 bits per heavy atom. The van der Waals surface area contributed by atoms with Crippen molar-refractivity contribution in [3.63, 3.8) is 0 Å². The van der Waals surface area contributed by atoms with Crippen LogP contribution in [0.5, 0.6) is 0 Å². The van der Waals surface area contributed by atoms with Crippen LogP contribution in [0.2, 0.25) is 0 Å². The van der Waals surface area contributed by atoms with E-state index in [1.54, 1.807) is 45.3 Å². The van der Waals surface area contributed by atoms with Gasteiger partial charge in [-0.3, -0.25) is 0 Å². The van der Waals surface area contributed by atoms with E-state index in [4.69, 9.17) is 9.97 Å². The predicted octanol–water partition coefficient (Wildman–Crippen LogP) is 13.0. The molecule has 0 unspecified atom stereocenters. The summed E-state index contributed by atoms with van der Waals surface area (Å²) in [5.74, 6) is 0. The van der Waals surface area contributed by atoms with Crippen molar-refractivity contribution in [3.05, 3.63) is 114 Å². The van der Waals surface area contributed by atoms with Crippen molar-refractivity contribution in [2.75, 3.05) is 0 Å². The smallest absolute Gasteiger partial charge is 0.0730 e. The number of rotatable bonds is 4. The fraction of sp³-hybridized carbons (Fsp3) is 0. The Morgan fingerprint density at radius 2 is 0.614 bits per heavy atom. The molecule has 2 aliphatic rings. The SMILES string of the molecule is C1=Cc2nc1c(-c1ccsc1)c1ccc(s1)c(-c1ccsc1)c1nc(c(-c3ccsc3)c3ccc(s3)c2-c2ccsc2)C=C1. The molecule has 0 saturated carbocycles. The monoisotopic (exact) mass is 672 g/mol. The number of thiophene rings is 6. The maximum Gasteiger partial charge on any atom is 0.0730 e. The summed E-state index contributed by atoms with van der Waals surface area (Å²) in [5.41, 5.74) is 13.5. The predicted molar refractivity (Wildman–Crippen MR) is 199 cm³/mol. The topological polar surface area (TPSA) is 25.8 Å². The van der Waals surface area contributed by atoms with Gasteiger partial charge in [-0.05, 0) is 138 Å². The van der Waals surface area contributed by atoms with E-state index in [1.807, 2.05) is 22.7 Å². The molecule has 9 heterocycles. The van der Waals surface area contributed by atoms with Crippen LogP contribution in [0.25, 0.3) is 87.6 Å². The van der Waals surface area contributed by atoms with E-state index in [9.17, 15) is 0 Å². The molecular weight excluding hydrogens is 653 g/mol. The maximum atomic E-state index is 5.36. The number of aromatic nitrogens is 2. The lowest BCUT2D eigenvalue weighted by Gasteiger charge is -2.03. The molecule has 210 valence electrons. The van der Waals surface area contributed by atoms with Crippen molar-refractivity contribution in [3.8, 4) is 44.5 Å². The van der Waals surface area contributed by atoms with Gasteiger partial charge in [0.05, 0.1) is 22.8 Å². The van der Waals surface area contributed by atoms with Crippen LogP contribution in [0, 0.1) is 0 Å². The van der Waals surface area contributed by atoms with Crippen LogP contribution in [0.3, 0.4) is 0 Å². The fourth-order valence-corrected chi connectivity index (χ4v) is 10.7. The number of hydrogen-bond acceptors (Lipinski definition) is 8. The zero-order chi connectivity index (χ0) is 29.0. The molecular formula is C36H20N2S6. The Labute approximate surface area is 277 Å². The minimum atomic E-state index is 1.000. The first-order valence-corrected chi connectivity index (χ1v) is 19.3. The van der Waals surface area contributed by atoms with Crippen LogP contribution in [0.15, 0.2) is 91.6 Å². The zero-order valence-electron chi connectivity index (χ0n) is 22.9. The Hall–Kier alpha value is -3.76. The normalized spacial score (nSPS) is 12.4. The molecule has 2 aliphatic heterocycles. The van der Waals surface area contributed by atoms with Crippen LogP contribution in [0.4, 0.5) is 0 Å². The van der Waals surface area contributed by atoms with Gasteiger partial charge in [0.15, 0.2) is 0 Å². The third-order valence-electron chi connectivity index (χ3n) is 7.74. The highest BCUT2D eigenvalue weighted by atomic mass is 32.1. The highest BCUT2D eigenvalue weighted by Gasteiger charge is 2.19. The van der Waals surface area contributed by atoms with E-state index in [0.717, 1.165) is 22.8 Å². The highest BCUT2D eigenvalue weighted by molar-refractivity contribution is 7.25. The Balaban J connectivity index is 1.49. The molecule has 0 aliphatic carbocycles. The van der Waals surface area contributed by atoms with Crippen molar-refractivity contribution in [2.45, 2.75) is 0 Å². The van der Waals surface area contributed by atoms with Gasteiger partial charge in [0.25, 0.3) is 0 Å². The lowest BCUT2D eigenvalue weighted by molar-refractivity contribution is 1.33. The lowest BCUT2D eigenvalue weighted by atomic mass is 10.1. The van der Waals surface area contributed by atoms with Gasteiger partial charge in [0.1, 0.15) is 0 Å². The molecule has 9 rings (SSSR count). The van der Waals surface area contributed by atoms with Gasteiger partial charge < -0.3 is 0 Å². The second kappa shape index (κ2) is 11.0. The standard InChI is InChI=1S/C36H20N2S6/c1-2-26-34(22-10-14-40-18-22)30-7-8-32(44-30)36(24-12-16-42-20-24)28-4-3-27(38-28)35(23-11-15-41-19-23)31-6-5-29(43-31)33(25(1)37-26)21-9-13-39-17-21/h1-20H. The summed E-state index contributed by atoms with van der Waals surface area (Å²) >= 11 is 10.5. The Kier molecular flexibility index (Phi) is 6.65. The molecule has 0 spiro atoms. The molecule has 7 aromatic heterocycles. The summed E-state index contributed by atoms with van der Waals surface area (Å²) in [7, 11) is 0. The second-order valence-electron chi connectivity index (χ2n) is 10.3. The van der Waals surface area contributed by atoms with Crippen LogP contribution in [0.1, 0.15) is 22.8 Å². The number of hydrogen-bond donors (Lipinski definition) is 0. The summed E-state index contributed by atoms with van der Waals surface area (Å²) in [4.78, 5) is 10.7. The molecule has 0 saturated heterocycles. The molecule has 0 N–H and O–H groups in total. The van der Waals surface area contributed by atoms with E-state index in [2.05, 4.69) is 116 Å². The molecule has 0 aromatic carbocycles. The number of fused-ring (bicyclic) bond motifs is 8. The van der Waals surface area contributed by atoms with E-state index < -0.39 is 0 Å². The third kappa shape index (κ3) is 4.53. The van der Waals surface area contributed by atoms with Crippen molar-refractivity contribution in [1.82, 2.24) is 9.97 Å². The average Bonchev–Trinajstić information content (AvgIpc) is 3.90. The van der Waals surface area contributed by atoms with Gasteiger partial charge in [-0.15, -0.1) is 22.7 Å². The largest absolute Gasteiger partial charge is 0.248 e. The zero-order valence-corrected chi connectivity index (χ0v) is 27.8. The molecule has 0 amide bonds. The van der Waals surface area contributed by atoms with Crippen LogP contribution < -0.4 is 0 Å². The molecule has 8 heteroatoms. The minimum absolute atomic E-state index is 1.000. The highest BCUT2D eigenvalue weighted by Crippen LogP contribution is 2.43. The first-order valence-electron chi connectivity index (χ1n) is 13.9. The van der Waals surface area contributed by atoms with E-state index in [1.165, 1.54) is 63.3 Å². The molecule has 0 radical (unpaired) electrons. The van der Waals surface area contributed by atoms with Crippen LogP contribution in [-0.4, -0.2) is 9.97 Å². The maximum absolute atomic E-state index is 5.36. The van der Waals surface area contributed by atoms with Crippen molar-refractivity contribution >= 4 is 111 Å². The average molecular weight is 673 g/mol. The quantitative estimate of drug-likeness (QED) is 0.186. The van der Waals surface area contributed by atoms with Gasteiger partial charge in [0, 0.05) is 41.1 Å². The van der Waals surface area contributed by atoms with Crippen LogP contribution in [-0.2, 0) is 0 Å². The molecule has 7 aromatic rings. The third-order valence-corrected chi connectivity index (χ3v) is 12.7. The Bertz CT molecular complexity index is 2040. The lowest BCUT2D eigenvalue weighted by Crippen LogP contribution is -1.84. The van der Waals surface area contributed by atoms with Gasteiger partial charge in [-0.1, -0.05) is 0 Å². The summed E-state index contributed by atoms with van der Waals surface area (Å²) in [6, 6.07) is 17.9. The second-order valence-corrected chi connectivity index (χ2v) is 15.6. The van der Waals surface area contributed by atoms with Crippen molar-refractivity contribution < 1.29 is 0 Å². The van der Waals surface area contributed by atoms with Crippen molar-refractivity contribution in [1.29, 1.82) is 0 Å². The summed E-state index contributed by atoms with van der Waals surface area (Å²) in [6.45, 7) is 0. The van der Waals surface area contributed by atoms with Gasteiger partial charge in [0.2, 0.25) is 0 Å². The van der Waals surface area contributed by atoms with E-state index >= 15 is 0 Å². The van der Waals surface area contributed by atoms with Gasteiger partial charge in [-0.25, -0.2) is 9.97 Å². The first kappa shape index (κ1) is 26.6. The minimum Gasteiger partial charge on any atom is -0.248 e. The van der Waals surface area contributed by atoms with Crippen LogP contribution >= 0.6 is 68.0 Å². The summed E-state index contributed by atoms with van der Waals surface area (Å²) in [6.07, 6.45) is 8.77. The fourth-order valence-electron chi connectivity index (χ4n) is 5.79. The van der Waals surface area contributed by atoms with Crippen molar-refractivity contribution in [2.24, 2.45) is 0 Å². The molecule has 8 bridgehead atoms. The summed E-state index contributed by atoms with van der Waals surface area (Å²) in [5, 5.41) is 17.5. The molecule has 0 atom stereocenters. The summed E-state index contributed by atoms with van der Waals surface area (Å²) < 4.78 is 4.82. The number of nitrogens with zero attached hydrogens (tertiary/aromatic N) is 2. The first-order chi connectivity index (χ1) is 21.8. The molecule has 2 nitrogen and oxygen atoms in total. The molecule has 44 heavy (non-hydrogen) atoms. The molecule has 0 fully saturated rings. The van der Waals surface area contributed by atoms with E-state index in [-0.39, 0.29) is 0 Å². The Morgan fingerprint density at radius 3 is 0.841 bits per heavy atom. The van der Waals surface area contributed by atoms with E-state index in [0.29, 0.717) is 0 Å². The van der Waals surface area contributed by atoms with Gasteiger partial charge in [-0.2, -0.15) is 45.3 Å². The van der Waals surface area contributed by atoms with Gasteiger partial charge >= 0.3 is 0 Å².